The Morgan fingerprint density at radius 1 is 1.06 bits per heavy atom. The first-order valence-corrected chi connectivity index (χ1v) is 7.07. The summed E-state index contributed by atoms with van der Waals surface area (Å²) in [6, 6.07) is 2.62. The number of halogens is 5. The number of hydrogen-bond acceptors (Lipinski definition) is 2. The number of aliphatic hydroxyl groups excluding tert-OH is 1. The molecule has 1 aromatic carbocycles. The van der Waals surface area contributed by atoms with Gasteiger partial charge in [0.2, 0.25) is 0 Å². The maximum atomic E-state index is 13.5. The highest BCUT2D eigenvalue weighted by Crippen LogP contribution is 2.39. The molecule has 0 aliphatic rings. The van der Waals surface area contributed by atoms with E-state index in [1.165, 1.54) is 11.3 Å². The predicted molar refractivity (Wildman–Crippen MR) is 70.1 cm³/mol. The average Bonchev–Trinajstić information content (AvgIpc) is 2.56. The van der Waals surface area contributed by atoms with E-state index in [1.807, 2.05) is 0 Å². The van der Waals surface area contributed by atoms with Crippen molar-refractivity contribution in [2.24, 2.45) is 0 Å². The van der Waals surface area contributed by atoms with Gasteiger partial charge in [0.25, 0.3) is 0 Å². The van der Waals surface area contributed by atoms with Crippen LogP contribution in [0.25, 0.3) is 0 Å². The third-order valence-corrected chi connectivity index (χ3v) is 4.68. The second-order valence-electron chi connectivity index (χ2n) is 3.47. The highest BCUT2D eigenvalue weighted by Gasteiger charge is 2.24. The van der Waals surface area contributed by atoms with Gasteiger partial charge in [-0.15, -0.1) is 11.3 Å². The van der Waals surface area contributed by atoms with Gasteiger partial charge in [-0.25, -0.2) is 13.2 Å². The molecule has 0 saturated heterocycles. The molecule has 1 unspecified atom stereocenters. The molecule has 2 aromatic rings. The molecule has 7 heteroatoms. The molecule has 0 amide bonds. The quantitative estimate of drug-likeness (QED) is 0.768. The molecule has 18 heavy (non-hydrogen) atoms. The molecular weight excluding hydrogens is 397 g/mol. The summed E-state index contributed by atoms with van der Waals surface area (Å²) in [6.45, 7) is 0. The largest absolute Gasteiger partial charge is 0.383 e. The van der Waals surface area contributed by atoms with Crippen molar-refractivity contribution in [1.29, 1.82) is 0 Å². The number of hydrogen-bond donors (Lipinski definition) is 1. The van der Waals surface area contributed by atoms with E-state index < -0.39 is 29.1 Å². The van der Waals surface area contributed by atoms with E-state index in [0.29, 0.717) is 25.3 Å². The Morgan fingerprint density at radius 2 is 1.61 bits per heavy atom. The monoisotopic (exact) mass is 400 g/mol. The number of aliphatic hydroxyl groups is 1. The molecule has 96 valence electrons. The molecule has 0 saturated carbocycles. The molecule has 0 spiro atoms. The van der Waals surface area contributed by atoms with E-state index in [-0.39, 0.29) is 0 Å². The fourth-order valence-corrected chi connectivity index (χ4v) is 4.39. The Labute approximate surface area is 122 Å². The topological polar surface area (TPSA) is 20.2 Å². The molecule has 1 aromatic heterocycles. The minimum absolute atomic E-state index is 0.316. The van der Waals surface area contributed by atoms with Crippen LogP contribution in [0.3, 0.4) is 0 Å². The lowest BCUT2D eigenvalue weighted by Crippen LogP contribution is -2.06. The van der Waals surface area contributed by atoms with Gasteiger partial charge >= 0.3 is 0 Å². The zero-order chi connectivity index (χ0) is 13.4. The number of benzene rings is 1. The minimum atomic E-state index is -1.50. The van der Waals surface area contributed by atoms with Crippen LogP contribution >= 0.6 is 43.2 Å². The smallest absolute Gasteiger partial charge is 0.135 e. The van der Waals surface area contributed by atoms with Crippen molar-refractivity contribution in [3.8, 4) is 0 Å². The van der Waals surface area contributed by atoms with Gasteiger partial charge in [-0.1, -0.05) is 0 Å². The van der Waals surface area contributed by atoms with Crippen LogP contribution in [0.15, 0.2) is 25.8 Å². The van der Waals surface area contributed by atoms with E-state index in [9.17, 15) is 18.3 Å². The van der Waals surface area contributed by atoms with Gasteiger partial charge in [-0.2, -0.15) is 0 Å². The molecular formula is C11H5Br2F3OS. The molecule has 0 fully saturated rings. The van der Waals surface area contributed by atoms with Gasteiger partial charge in [0.15, 0.2) is 0 Å². The normalized spacial score (nSPS) is 12.8. The van der Waals surface area contributed by atoms with E-state index in [2.05, 4.69) is 31.9 Å². The van der Waals surface area contributed by atoms with Crippen LogP contribution in [0.1, 0.15) is 17.2 Å². The summed E-state index contributed by atoms with van der Waals surface area (Å²) in [7, 11) is 0. The van der Waals surface area contributed by atoms with Gasteiger partial charge in [0.1, 0.15) is 23.6 Å². The highest BCUT2D eigenvalue weighted by molar-refractivity contribution is 9.12. The van der Waals surface area contributed by atoms with Crippen molar-refractivity contribution in [2.75, 3.05) is 0 Å². The maximum Gasteiger partial charge on any atom is 0.135 e. The fourth-order valence-electron chi connectivity index (χ4n) is 1.51. The molecule has 1 heterocycles. The van der Waals surface area contributed by atoms with Crippen LogP contribution in [-0.4, -0.2) is 5.11 Å². The van der Waals surface area contributed by atoms with Crippen molar-refractivity contribution >= 4 is 43.2 Å². The molecule has 2 rings (SSSR count). The predicted octanol–water partition coefficient (Wildman–Crippen LogP) is 4.77. The Kier molecular flexibility index (Phi) is 4.15. The summed E-state index contributed by atoms with van der Waals surface area (Å²) in [5.41, 5.74) is -0.251. The third kappa shape index (κ3) is 2.64. The van der Waals surface area contributed by atoms with E-state index in [0.717, 1.165) is 0 Å². The van der Waals surface area contributed by atoms with Crippen molar-refractivity contribution in [3.63, 3.8) is 0 Å². The zero-order valence-electron chi connectivity index (χ0n) is 8.55. The Balaban J connectivity index is 2.52. The first-order valence-electron chi connectivity index (χ1n) is 4.67. The lowest BCUT2D eigenvalue weighted by atomic mass is 10.0. The first kappa shape index (κ1) is 14.0. The summed E-state index contributed by atoms with van der Waals surface area (Å²) >= 11 is 7.65. The average molecular weight is 402 g/mol. The van der Waals surface area contributed by atoms with Crippen LogP contribution < -0.4 is 0 Å². The molecule has 0 aliphatic heterocycles. The zero-order valence-corrected chi connectivity index (χ0v) is 12.5. The first-order chi connectivity index (χ1) is 8.40. The fraction of sp³-hybridized carbons (Fsp3) is 0.0909. The maximum absolute atomic E-state index is 13.5. The summed E-state index contributed by atoms with van der Waals surface area (Å²) in [4.78, 5) is 0. The van der Waals surface area contributed by atoms with Crippen LogP contribution in [0.5, 0.6) is 0 Å². The number of rotatable bonds is 2. The van der Waals surface area contributed by atoms with Gasteiger partial charge in [0.05, 0.1) is 13.1 Å². The van der Waals surface area contributed by atoms with Crippen LogP contribution in [0.2, 0.25) is 0 Å². The van der Waals surface area contributed by atoms with Crippen molar-refractivity contribution < 1.29 is 18.3 Å². The van der Waals surface area contributed by atoms with Crippen LogP contribution in [0.4, 0.5) is 13.2 Å². The Morgan fingerprint density at radius 3 is 2.06 bits per heavy atom. The molecule has 0 aliphatic carbocycles. The summed E-state index contributed by atoms with van der Waals surface area (Å²) in [5.74, 6) is -3.25. The van der Waals surface area contributed by atoms with Crippen molar-refractivity contribution in [3.05, 3.63) is 54.4 Å². The lowest BCUT2D eigenvalue weighted by Gasteiger charge is -2.12. The van der Waals surface area contributed by atoms with Gasteiger partial charge < -0.3 is 5.11 Å². The number of thiophene rings is 1. The highest BCUT2D eigenvalue weighted by atomic mass is 79.9. The van der Waals surface area contributed by atoms with E-state index in [1.54, 1.807) is 6.07 Å². The molecule has 1 nitrogen and oxygen atoms in total. The van der Waals surface area contributed by atoms with E-state index >= 15 is 0 Å². The molecule has 0 radical (unpaired) electrons. The summed E-state index contributed by atoms with van der Waals surface area (Å²) in [5, 5.41) is 9.99. The minimum Gasteiger partial charge on any atom is -0.383 e. The molecule has 1 N–H and O–H groups in total. The Bertz CT molecular complexity index is 577. The van der Waals surface area contributed by atoms with Crippen LogP contribution in [0, 0.1) is 17.5 Å². The SMILES string of the molecule is OC(c1cc(Br)sc1Br)c1c(F)cc(F)cc1F. The summed E-state index contributed by atoms with van der Waals surface area (Å²) < 4.78 is 41.1. The van der Waals surface area contributed by atoms with Gasteiger partial charge in [-0.3, -0.25) is 0 Å². The Hall–Kier alpha value is -0.370. The van der Waals surface area contributed by atoms with Crippen molar-refractivity contribution in [1.82, 2.24) is 0 Å². The second kappa shape index (κ2) is 5.32. The van der Waals surface area contributed by atoms with Gasteiger partial charge in [-0.05, 0) is 37.9 Å². The molecule has 0 bridgehead atoms. The van der Waals surface area contributed by atoms with E-state index in [4.69, 9.17) is 0 Å². The van der Waals surface area contributed by atoms with Gasteiger partial charge in [0, 0.05) is 17.7 Å². The molecule has 1 atom stereocenters. The van der Waals surface area contributed by atoms with Crippen LogP contribution in [-0.2, 0) is 0 Å². The second-order valence-corrected chi connectivity index (χ2v) is 7.21. The third-order valence-electron chi connectivity index (χ3n) is 2.29. The lowest BCUT2D eigenvalue weighted by molar-refractivity contribution is 0.208. The standard InChI is InChI=1S/C11H5Br2F3OS/c12-8-3-5(11(13)18-8)10(17)9-6(15)1-4(14)2-7(9)16/h1-3,10,17H. The summed E-state index contributed by atoms with van der Waals surface area (Å²) in [6.07, 6.45) is -1.50. The van der Waals surface area contributed by atoms with Crippen molar-refractivity contribution in [2.45, 2.75) is 6.10 Å².